The number of hydrogen-bond donors (Lipinski definition) is 0. The molecule has 0 radical (unpaired) electrons. The Morgan fingerprint density at radius 1 is 0.375 bits per heavy atom. The monoisotopic (exact) mass is 728 g/mol. The van der Waals surface area contributed by atoms with Crippen LogP contribution in [0.3, 0.4) is 0 Å². The van der Waals surface area contributed by atoms with Crippen molar-refractivity contribution in [2.24, 2.45) is 0 Å². The Kier molecular flexibility index (Phi) is 10.4. The Bertz CT molecular complexity index is 2460. The van der Waals surface area contributed by atoms with Gasteiger partial charge in [0.25, 0.3) is 0 Å². The second-order valence-corrected chi connectivity index (χ2v) is 13.4. The second-order valence-electron chi connectivity index (χ2n) is 13.4. The summed E-state index contributed by atoms with van der Waals surface area (Å²) >= 11 is 0. The molecule has 0 fully saturated rings. The van der Waals surface area contributed by atoms with Crippen LogP contribution < -0.4 is 19.3 Å². The van der Waals surface area contributed by atoms with Crippen LogP contribution in [0.2, 0.25) is 0 Å². The average molecular weight is 729 g/mol. The van der Waals surface area contributed by atoms with E-state index in [1.165, 1.54) is 0 Å². The number of rotatable bonds is 12. The Labute approximate surface area is 328 Å². The zero-order valence-corrected chi connectivity index (χ0v) is 31.2. The van der Waals surface area contributed by atoms with Crippen molar-refractivity contribution in [3.05, 3.63) is 223 Å². The van der Waals surface area contributed by atoms with E-state index in [-0.39, 0.29) is 5.78 Å². The van der Waals surface area contributed by atoms with Gasteiger partial charge in [0, 0.05) is 45.3 Å². The van der Waals surface area contributed by atoms with Crippen LogP contribution in [0.25, 0.3) is 11.1 Å². The third-order valence-electron chi connectivity index (χ3n) is 9.70. The molecule has 56 heavy (non-hydrogen) atoms. The standard InChI is InChI=1S/C51H40N2O3/c1-37-13-15-40(16-14-37)51(54)41-21-31-49(32-22-41)56-50-35-29-47(30-36-50)53(46-27-33-48(55-2)34-28-46)45-25-19-39(20-26-45)38-17-23-44(24-18-38)52(42-9-5-3-6-10-42)43-11-7-4-8-12-43/h3-36H,1-2H3. The minimum absolute atomic E-state index is 0.0144. The van der Waals surface area contributed by atoms with E-state index in [1.54, 1.807) is 19.2 Å². The van der Waals surface area contributed by atoms with Crippen LogP contribution in [-0.2, 0) is 0 Å². The van der Waals surface area contributed by atoms with Crippen molar-refractivity contribution in [2.75, 3.05) is 16.9 Å². The Balaban J connectivity index is 1.02. The highest BCUT2D eigenvalue weighted by Gasteiger charge is 2.16. The molecule has 272 valence electrons. The van der Waals surface area contributed by atoms with Crippen molar-refractivity contribution in [1.82, 2.24) is 0 Å². The number of ketones is 1. The van der Waals surface area contributed by atoms with Gasteiger partial charge in [-0.05, 0) is 139 Å². The summed E-state index contributed by atoms with van der Waals surface area (Å²) in [6.45, 7) is 2.01. The number of nitrogens with zero attached hydrogens (tertiary/aromatic N) is 2. The fourth-order valence-corrected chi connectivity index (χ4v) is 6.73. The van der Waals surface area contributed by atoms with Gasteiger partial charge in [-0.1, -0.05) is 90.5 Å². The van der Waals surface area contributed by atoms with Crippen LogP contribution in [0.4, 0.5) is 34.1 Å². The van der Waals surface area contributed by atoms with Crippen molar-refractivity contribution in [1.29, 1.82) is 0 Å². The van der Waals surface area contributed by atoms with Gasteiger partial charge in [-0.2, -0.15) is 0 Å². The predicted molar refractivity (Wildman–Crippen MR) is 229 cm³/mol. The van der Waals surface area contributed by atoms with Crippen molar-refractivity contribution < 1.29 is 14.3 Å². The summed E-state index contributed by atoms with van der Waals surface area (Å²) in [5, 5.41) is 0. The summed E-state index contributed by atoms with van der Waals surface area (Å²) in [5.41, 5.74) is 10.9. The molecule has 0 aromatic heterocycles. The normalized spacial score (nSPS) is 10.8. The van der Waals surface area contributed by atoms with Crippen molar-refractivity contribution >= 4 is 39.9 Å². The van der Waals surface area contributed by atoms with E-state index in [2.05, 4.69) is 119 Å². The summed E-state index contributed by atoms with van der Waals surface area (Å²) in [5.74, 6) is 2.13. The Morgan fingerprint density at radius 3 is 1.09 bits per heavy atom. The Hall–Kier alpha value is -7.37. The van der Waals surface area contributed by atoms with Crippen LogP contribution in [0.5, 0.6) is 17.2 Å². The van der Waals surface area contributed by atoms with E-state index >= 15 is 0 Å². The van der Waals surface area contributed by atoms with Crippen LogP contribution in [0.1, 0.15) is 21.5 Å². The molecular formula is C51H40N2O3. The first-order valence-electron chi connectivity index (χ1n) is 18.6. The highest BCUT2D eigenvalue weighted by atomic mass is 16.5. The lowest BCUT2D eigenvalue weighted by Crippen LogP contribution is -2.10. The SMILES string of the molecule is COc1ccc(N(c2ccc(Oc3ccc(C(=O)c4ccc(C)cc4)cc3)cc2)c2ccc(-c3ccc(N(c4ccccc4)c4ccccc4)cc3)cc2)cc1. The predicted octanol–water partition coefficient (Wildman–Crippen LogP) is 13.6. The van der Waals surface area contributed by atoms with Crippen molar-refractivity contribution in [3.8, 4) is 28.4 Å². The zero-order valence-electron chi connectivity index (χ0n) is 31.2. The molecule has 5 heteroatoms. The summed E-state index contributed by atoms with van der Waals surface area (Å²) in [7, 11) is 1.67. The minimum atomic E-state index is -0.0144. The molecule has 8 aromatic rings. The molecule has 0 bridgehead atoms. The molecule has 0 unspecified atom stereocenters. The van der Waals surface area contributed by atoms with E-state index in [0.29, 0.717) is 22.6 Å². The topological polar surface area (TPSA) is 42.0 Å². The van der Waals surface area contributed by atoms with Gasteiger partial charge in [0.1, 0.15) is 17.2 Å². The number of aryl methyl sites for hydroxylation is 1. The summed E-state index contributed by atoms with van der Waals surface area (Å²) < 4.78 is 11.7. The van der Waals surface area contributed by atoms with E-state index in [1.807, 2.05) is 91.9 Å². The number of ether oxygens (including phenoxy) is 2. The third kappa shape index (κ3) is 7.93. The molecule has 5 nitrogen and oxygen atoms in total. The van der Waals surface area contributed by atoms with Gasteiger partial charge in [-0.3, -0.25) is 4.79 Å². The molecule has 0 saturated carbocycles. The van der Waals surface area contributed by atoms with Gasteiger partial charge < -0.3 is 19.3 Å². The number of carbonyl (C=O) groups is 1. The van der Waals surface area contributed by atoms with E-state index in [9.17, 15) is 4.79 Å². The third-order valence-corrected chi connectivity index (χ3v) is 9.70. The fraction of sp³-hybridized carbons (Fsp3) is 0.0392. The number of carbonyl (C=O) groups excluding carboxylic acids is 1. The van der Waals surface area contributed by atoms with Gasteiger partial charge in [0.15, 0.2) is 5.78 Å². The molecule has 0 aliphatic heterocycles. The van der Waals surface area contributed by atoms with Gasteiger partial charge in [0.05, 0.1) is 7.11 Å². The first-order valence-corrected chi connectivity index (χ1v) is 18.6. The number of hydrogen-bond acceptors (Lipinski definition) is 5. The molecule has 8 rings (SSSR count). The molecule has 0 aliphatic carbocycles. The van der Waals surface area contributed by atoms with Crippen molar-refractivity contribution in [3.63, 3.8) is 0 Å². The Morgan fingerprint density at radius 2 is 0.696 bits per heavy atom. The van der Waals surface area contributed by atoms with E-state index in [0.717, 1.165) is 56.6 Å². The molecule has 0 N–H and O–H groups in total. The van der Waals surface area contributed by atoms with Gasteiger partial charge in [-0.25, -0.2) is 0 Å². The van der Waals surface area contributed by atoms with Crippen LogP contribution in [0.15, 0.2) is 206 Å². The van der Waals surface area contributed by atoms with Gasteiger partial charge in [0.2, 0.25) is 0 Å². The first kappa shape index (κ1) is 35.6. The molecule has 0 atom stereocenters. The fourth-order valence-electron chi connectivity index (χ4n) is 6.73. The summed E-state index contributed by atoms with van der Waals surface area (Å²) in [4.78, 5) is 17.4. The molecular weight excluding hydrogens is 689 g/mol. The minimum Gasteiger partial charge on any atom is -0.497 e. The summed E-state index contributed by atoms with van der Waals surface area (Å²) in [6, 6.07) is 69.2. The lowest BCUT2D eigenvalue weighted by atomic mass is 10.0. The number of anilines is 6. The average Bonchev–Trinajstić information content (AvgIpc) is 3.26. The highest BCUT2D eigenvalue weighted by molar-refractivity contribution is 6.09. The maximum absolute atomic E-state index is 13.0. The molecule has 8 aromatic carbocycles. The van der Waals surface area contributed by atoms with E-state index < -0.39 is 0 Å². The van der Waals surface area contributed by atoms with Gasteiger partial charge >= 0.3 is 0 Å². The number of para-hydroxylation sites is 2. The first-order chi connectivity index (χ1) is 27.5. The zero-order chi connectivity index (χ0) is 38.3. The smallest absolute Gasteiger partial charge is 0.193 e. The lowest BCUT2D eigenvalue weighted by Gasteiger charge is -2.26. The molecule has 0 amide bonds. The summed E-state index contributed by atoms with van der Waals surface area (Å²) in [6.07, 6.45) is 0. The molecule has 0 aliphatic rings. The molecule has 0 spiro atoms. The highest BCUT2D eigenvalue weighted by Crippen LogP contribution is 2.39. The van der Waals surface area contributed by atoms with E-state index in [4.69, 9.17) is 9.47 Å². The maximum atomic E-state index is 13.0. The van der Waals surface area contributed by atoms with Crippen LogP contribution in [-0.4, -0.2) is 12.9 Å². The largest absolute Gasteiger partial charge is 0.497 e. The quantitative estimate of drug-likeness (QED) is 0.117. The van der Waals surface area contributed by atoms with Crippen LogP contribution >= 0.6 is 0 Å². The van der Waals surface area contributed by atoms with Crippen LogP contribution in [0, 0.1) is 6.92 Å². The number of benzene rings is 8. The van der Waals surface area contributed by atoms with Crippen molar-refractivity contribution in [2.45, 2.75) is 6.92 Å². The molecule has 0 heterocycles. The lowest BCUT2D eigenvalue weighted by molar-refractivity contribution is 0.103. The second kappa shape index (κ2) is 16.3. The number of methoxy groups -OCH3 is 1. The molecule has 0 saturated heterocycles. The van der Waals surface area contributed by atoms with Gasteiger partial charge in [-0.15, -0.1) is 0 Å². The maximum Gasteiger partial charge on any atom is 0.193 e.